The maximum absolute atomic E-state index is 11.5. The van der Waals surface area contributed by atoms with Gasteiger partial charge in [-0.2, -0.15) is 8.42 Å². The molecule has 0 spiro atoms. The zero-order valence-corrected chi connectivity index (χ0v) is 9.71. The lowest BCUT2D eigenvalue weighted by atomic mass is 10.2. The Morgan fingerprint density at radius 2 is 1.73 bits per heavy atom. The Morgan fingerprint density at radius 3 is 2.20 bits per heavy atom. The van der Waals surface area contributed by atoms with Gasteiger partial charge < -0.3 is 0 Å². The quantitative estimate of drug-likeness (QED) is 0.587. The first-order valence-corrected chi connectivity index (χ1v) is 5.84. The topological polar surface area (TPSA) is 55.7 Å². The lowest BCUT2D eigenvalue weighted by Gasteiger charge is -2.01. The predicted octanol–water partition coefficient (Wildman–Crippen LogP) is 2.10. The number of oxime groups is 1. The average molecular weight is 227 g/mol. The Labute approximate surface area is 89.7 Å². The van der Waals surface area contributed by atoms with Crippen LogP contribution in [0.2, 0.25) is 0 Å². The summed E-state index contributed by atoms with van der Waals surface area (Å²) in [5.74, 6) is 0. The van der Waals surface area contributed by atoms with E-state index in [1.807, 2.05) is 6.92 Å². The zero-order chi connectivity index (χ0) is 11.5. The highest BCUT2D eigenvalue weighted by atomic mass is 32.2. The molecule has 5 heteroatoms. The molecule has 82 valence electrons. The van der Waals surface area contributed by atoms with Crippen molar-refractivity contribution < 1.29 is 12.7 Å². The molecule has 0 fully saturated rings. The second kappa shape index (κ2) is 4.44. The van der Waals surface area contributed by atoms with Gasteiger partial charge in [0.25, 0.3) is 0 Å². The van der Waals surface area contributed by atoms with Crippen molar-refractivity contribution in [1.29, 1.82) is 0 Å². The van der Waals surface area contributed by atoms with Gasteiger partial charge in [-0.05, 0) is 32.9 Å². The van der Waals surface area contributed by atoms with E-state index in [-0.39, 0.29) is 4.90 Å². The molecule has 0 aliphatic rings. The van der Waals surface area contributed by atoms with Gasteiger partial charge in [0.2, 0.25) is 0 Å². The van der Waals surface area contributed by atoms with Crippen molar-refractivity contribution in [2.45, 2.75) is 25.7 Å². The van der Waals surface area contributed by atoms with Crippen molar-refractivity contribution in [2.24, 2.45) is 5.16 Å². The smallest absolute Gasteiger partial charge is 0.265 e. The molecule has 0 aromatic heterocycles. The van der Waals surface area contributed by atoms with Gasteiger partial charge in [-0.15, -0.1) is 0 Å². The van der Waals surface area contributed by atoms with Crippen LogP contribution in [0.15, 0.2) is 34.3 Å². The van der Waals surface area contributed by atoms with Gasteiger partial charge in [-0.25, -0.2) is 0 Å². The van der Waals surface area contributed by atoms with E-state index in [9.17, 15) is 8.42 Å². The molecule has 0 saturated heterocycles. The third kappa shape index (κ3) is 3.36. The minimum Gasteiger partial charge on any atom is -0.265 e. The summed E-state index contributed by atoms with van der Waals surface area (Å²) in [7, 11) is -3.76. The van der Waals surface area contributed by atoms with Crippen LogP contribution in [0.25, 0.3) is 0 Å². The SMILES string of the molecule is CC(C)=NOS(=O)(=O)c1ccc(C)cc1. The van der Waals surface area contributed by atoms with E-state index in [1.54, 1.807) is 26.0 Å². The second-order valence-electron chi connectivity index (χ2n) is 3.38. The van der Waals surface area contributed by atoms with Gasteiger partial charge in [-0.3, -0.25) is 4.28 Å². The van der Waals surface area contributed by atoms with E-state index in [2.05, 4.69) is 9.44 Å². The van der Waals surface area contributed by atoms with Crippen LogP contribution >= 0.6 is 0 Å². The Hall–Kier alpha value is -1.36. The molecular weight excluding hydrogens is 214 g/mol. The summed E-state index contributed by atoms with van der Waals surface area (Å²) in [6.07, 6.45) is 0. The third-order valence-corrected chi connectivity index (χ3v) is 2.75. The van der Waals surface area contributed by atoms with Crippen LogP contribution in [0.1, 0.15) is 19.4 Å². The van der Waals surface area contributed by atoms with Crippen LogP contribution in [0.4, 0.5) is 0 Å². The van der Waals surface area contributed by atoms with Crippen LogP contribution in [-0.4, -0.2) is 14.1 Å². The number of aryl methyl sites for hydroxylation is 1. The molecule has 0 saturated carbocycles. The van der Waals surface area contributed by atoms with Crippen molar-refractivity contribution in [3.8, 4) is 0 Å². The van der Waals surface area contributed by atoms with Crippen LogP contribution in [0.3, 0.4) is 0 Å². The molecule has 0 aliphatic carbocycles. The molecule has 1 aromatic carbocycles. The summed E-state index contributed by atoms with van der Waals surface area (Å²) in [5.41, 5.74) is 1.54. The first-order chi connectivity index (χ1) is 6.92. The Balaban J connectivity index is 2.97. The lowest BCUT2D eigenvalue weighted by Crippen LogP contribution is -2.03. The number of nitrogens with zero attached hydrogens (tertiary/aromatic N) is 1. The van der Waals surface area contributed by atoms with E-state index in [4.69, 9.17) is 0 Å². The first-order valence-electron chi connectivity index (χ1n) is 4.43. The van der Waals surface area contributed by atoms with E-state index in [0.29, 0.717) is 5.71 Å². The van der Waals surface area contributed by atoms with E-state index in [1.165, 1.54) is 12.1 Å². The fourth-order valence-electron chi connectivity index (χ4n) is 0.872. The van der Waals surface area contributed by atoms with E-state index >= 15 is 0 Å². The highest BCUT2D eigenvalue weighted by Crippen LogP contribution is 2.13. The molecule has 0 unspecified atom stereocenters. The van der Waals surface area contributed by atoms with Crippen molar-refractivity contribution in [1.82, 2.24) is 0 Å². The molecule has 0 bridgehead atoms. The third-order valence-electron chi connectivity index (χ3n) is 1.63. The molecule has 0 aliphatic heterocycles. The Bertz CT molecular complexity index is 456. The van der Waals surface area contributed by atoms with Crippen LogP contribution in [0.5, 0.6) is 0 Å². The van der Waals surface area contributed by atoms with Crippen LogP contribution < -0.4 is 0 Å². The van der Waals surface area contributed by atoms with Gasteiger partial charge in [-0.1, -0.05) is 22.9 Å². The summed E-state index contributed by atoms with van der Waals surface area (Å²) in [6.45, 7) is 5.20. The minimum atomic E-state index is -3.76. The molecule has 0 heterocycles. The fourth-order valence-corrected chi connectivity index (χ4v) is 1.67. The van der Waals surface area contributed by atoms with Gasteiger partial charge in [0.1, 0.15) is 4.90 Å². The number of hydrogen-bond acceptors (Lipinski definition) is 4. The summed E-state index contributed by atoms with van der Waals surface area (Å²) >= 11 is 0. The summed E-state index contributed by atoms with van der Waals surface area (Å²) < 4.78 is 27.5. The normalized spacial score (nSPS) is 10.9. The van der Waals surface area contributed by atoms with E-state index in [0.717, 1.165) is 5.56 Å². The van der Waals surface area contributed by atoms with Crippen LogP contribution in [-0.2, 0) is 14.4 Å². The monoisotopic (exact) mass is 227 g/mol. The number of benzene rings is 1. The summed E-state index contributed by atoms with van der Waals surface area (Å²) in [4.78, 5) is 0.109. The fraction of sp³-hybridized carbons (Fsp3) is 0.300. The molecule has 0 atom stereocenters. The van der Waals surface area contributed by atoms with Crippen molar-refractivity contribution in [3.05, 3.63) is 29.8 Å². The minimum absolute atomic E-state index is 0.109. The van der Waals surface area contributed by atoms with Crippen molar-refractivity contribution in [3.63, 3.8) is 0 Å². The van der Waals surface area contributed by atoms with Crippen LogP contribution in [0, 0.1) is 6.92 Å². The first kappa shape index (κ1) is 11.7. The molecular formula is C10H13NO3S. The molecule has 15 heavy (non-hydrogen) atoms. The standard InChI is InChI=1S/C10H13NO3S/c1-8(2)11-14-15(12,13)10-6-4-9(3)5-7-10/h4-7H,1-3H3. The lowest BCUT2D eigenvalue weighted by molar-refractivity contribution is 0.338. The average Bonchev–Trinajstić information content (AvgIpc) is 2.16. The Kier molecular flexibility index (Phi) is 3.47. The predicted molar refractivity (Wildman–Crippen MR) is 58.2 cm³/mol. The molecule has 1 aromatic rings. The highest BCUT2D eigenvalue weighted by molar-refractivity contribution is 7.86. The summed E-state index contributed by atoms with van der Waals surface area (Å²) in [5, 5.41) is 3.42. The zero-order valence-electron chi connectivity index (χ0n) is 8.89. The molecule has 1 rings (SSSR count). The molecule has 4 nitrogen and oxygen atoms in total. The number of rotatable bonds is 3. The molecule has 0 radical (unpaired) electrons. The highest BCUT2D eigenvalue weighted by Gasteiger charge is 2.14. The summed E-state index contributed by atoms with van der Waals surface area (Å²) in [6, 6.07) is 6.40. The molecule has 0 amide bonds. The maximum atomic E-state index is 11.5. The largest absolute Gasteiger partial charge is 0.358 e. The Morgan fingerprint density at radius 1 is 1.20 bits per heavy atom. The van der Waals surface area contributed by atoms with Gasteiger partial charge in [0.05, 0.1) is 5.71 Å². The molecule has 0 N–H and O–H groups in total. The van der Waals surface area contributed by atoms with E-state index < -0.39 is 10.1 Å². The number of hydrogen-bond donors (Lipinski definition) is 0. The van der Waals surface area contributed by atoms with Crippen molar-refractivity contribution in [2.75, 3.05) is 0 Å². The second-order valence-corrected chi connectivity index (χ2v) is 4.91. The van der Waals surface area contributed by atoms with Crippen molar-refractivity contribution >= 4 is 15.8 Å². The maximum Gasteiger partial charge on any atom is 0.358 e. The van der Waals surface area contributed by atoms with Gasteiger partial charge >= 0.3 is 10.1 Å². The van der Waals surface area contributed by atoms with Gasteiger partial charge in [0, 0.05) is 0 Å². The van der Waals surface area contributed by atoms with Gasteiger partial charge in [0.15, 0.2) is 0 Å².